The van der Waals surface area contributed by atoms with Crippen molar-refractivity contribution in [2.75, 3.05) is 27.2 Å². The van der Waals surface area contributed by atoms with E-state index in [1.165, 1.54) is 18.4 Å². The second-order valence-corrected chi connectivity index (χ2v) is 5.98. The highest BCUT2D eigenvalue weighted by molar-refractivity contribution is 5.80. The highest BCUT2D eigenvalue weighted by atomic mass is 16.4. The summed E-state index contributed by atoms with van der Waals surface area (Å²) in [5.74, 6) is 0.288. The lowest BCUT2D eigenvalue weighted by Crippen LogP contribution is -2.47. The predicted molar refractivity (Wildman–Crippen MR) is 85.5 cm³/mol. The average molecular weight is 290 g/mol. The molecule has 0 aromatic heterocycles. The number of rotatable bonds is 5. The molecule has 1 aromatic rings. The van der Waals surface area contributed by atoms with E-state index in [2.05, 4.69) is 41.2 Å². The fourth-order valence-corrected chi connectivity index (χ4v) is 3.06. The van der Waals surface area contributed by atoms with Crippen molar-refractivity contribution in [2.24, 2.45) is 10.9 Å². The molecule has 116 valence electrons. The Balaban J connectivity index is 2.18. The zero-order chi connectivity index (χ0) is 15.2. The molecule has 0 saturated carbocycles. The first kappa shape index (κ1) is 15.8. The molecule has 0 amide bonds. The van der Waals surface area contributed by atoms with E-state index in [9.17, 15) is 0 Å². The summed E-state index contributed by atoms with van der Waals surface area (Å²) in [5, 5.41) is 12.1. The van der Waals surface area contributed by atoms with Gasteiger partial charge >= 0.3 is 0 Å². The van der Waals surface area contributed by atoms with Gasteiger partial charge in [-0.1, -0.05) is 35.5 Å². The minimum Gasteiger partial charge on any atom is -0.409 e. The lowest BCUT2D eigenvalue weighted by molar-refractivity contribution is 0.0975. The molecule has 0 radical (unpaired) electrons. The first-order chi connectivity index (χ1) is 10.1. The second-order valence-electron chi connectivity index (χ2n) is 5.98. The molecule has 0 aliphatic carbocycles. The van der Waals surface area contributed by atoms with Gasteiger partial charge in [0.15, 0.2) is 0 Å². The third-order valence-electron chi connectivity index (χ3n) is 4.31. The summed E-state index contributed by atoms with van der Waals surface area (Å²) in [4.78, 5) is 4.75. The van der Waals surface area contributed by atoms with Crippen LogP contribution >= 0.6 is 0 Å². The van der Waals surface area contributed by atoms with Crippen molar-refractivity contribution in [2.45, 2.75) is 31.3 Å². The van der Waals surface area contributed by atoms with E-state index in [-0.39, 0.29) is 11.9 Å². The Hall–Kier alpha value is -1.59. The molecule has 1 heterocycles. The molecule has 2 unspecified atom stereocenters. The fourth-order valence-electron chi connectivity index (χ4n) is 3.06. The number of piperidine rings is 1. The van der Waals surface area contributed by atoms with Gasteiger partial charge in [-0.25, -0.2) is 0 Å². The molecule has 1 saturated heterocycles. The van der Waals surface area contributed by atoms with Gasteiger partial charge in [0.25, 0.3) is 0 Å². The molecular formula is C16H26N4O. The maximum Gasteiger partial charge on any atom is 0.141 e. The van der Waals surface area contributed by atoms with Crippen LogP contribution in [0.15, 0.2) is 35.5 Å². The van der Waals surface area contributed by atoms with Gasteiger partial charge in [-0.15, -0.1) is 0 Å². The molecule has 3 N–H and O–H groups in total. The molecule has 21 heavy (non-hydrogen) atoms. The minimum absolute atomic E-state index is 0.171. The van der Waals surface area contributed by atoms with Crippen molar-refractivity contribution in [3.05, 3.63) is 35.9 Å². The van der Waals surface area contributed by atoms with E-state index in [1.54, 1.807) is 0 Å². The van der Waals surface area contributed by atoms with Crippen molar-refractivity contribution >= 4 is 5.84 Å². The van der Waals surface area contributed by atoms with Crippen LogP contribution in [0.2, 0.25) is 0 Å². The third-order valence-corrected chi connectivity index (χ3v) is 4.31. The molecule has 2 rings (SSSR count). The van der Waals surface area contributed by atoms with Gasteiger partial charge in [-0.05, 0) is 39.0 Å². The number of nitrogens with zero attached hydrogens (tertiary/aromatic N) is 3. The van der Waals surface area contributed by atoms with E-state index in [0.717, 1.165) is 13.1 Å². The highest BCUT2D eigenvalue weighted by Crippen LogP contribution is 2.28. The monoisotopic (exact) mass is 290 g/mol. The number of benzene rings is 1. The van der Waals surface area contributed by atoms with Crippen LogP contribution in [0.1, 0.15) is 30.9 Å². The van der Waals surface area contributed by atoms with Crippen LogP contribution in [-0.2, 0) is 0 Å². The summed E-state index contributed by atoms with van der Waals surface area (Å²) in [6.07, 6.45) is 2.97. The first-order valence-corrected chi connectivity index (χ1v) is 7.53. The van der Waals surface area contributed by atoms with Gasteiger partial charge < -0.3 is 15.8 Å². The molecule has 5 heteroatoms. The topological polar surface area (TPSA) is 65.1 Å². The molecular weight excluding hydrogens is 264 g/mol. The van der Waals surface area contributed by atoms with Crippen molar-refractivity contribution in [3.63, 3.8) is 0 Å². The predicted octanol–water partition coefficient (Wildman–Crippen LogP) is 1.89. The van der Waals surface area contributed by atoms with Gasteiger partial charge in [0.1, 0.15) is 5.84 Å². The zero-order valence-corrected chi connectivity index (χ0v) is 12.9. The van der Waals surface area contributed by atoms with Crippen molar-refractivity contribution in [3.8, 4) is 0 Å². The van der Waals surface area contributed by atoms with Gasteiger partial charge in [-0.2, -0.15) is 0 Å². The van der Waals surface area contributed by atoms with Crippen molar-refractivity contribution in [1.82, 2.24) is 9.80 Å². The number of likely N-dealkylation sites (N-methyl/N-ethyl adjacent to an activating group) is 1. The summed E-state index contributed by atoms with van der Waals surface area (Å²) in [6, 6.07) is 11.1. The number of hydrogen-bond donors (Lipinski definition) is 2. The van der Waals surface area contributed by atoms with Gasteiger partial charge in [-0.3, -0.25) is 4.90 Å². The quantitative estimate of drug-likeness (QED) is 0.376. The Morgan fingerprint density at radius 3 is 2.76 bits per heavy atom. The summed E-state index contributed by atoms with van der Waals surface area (Å²) >= 11 is 0. The van der Waals surface area contributed by atoms with Crippen LogP contribution in [0.25, 0.3) is 0 Å². The molecule has 0 bridgehead atoms. The van der Waals surface area contributed by atoms with E-state index < -0.39 is 0 Å². The van der Waals surface area contributed by atoms with Gasteiger partial charge in [0.2, 0.25) is 0 Å². The van der Waals surface area contributed by atoms with Crippen molar-refractivity contribution in [1.29, 1.82) is 0 Å². The Morgan fingerprint density at radius 1 is 1.43 bits per heavy atom. The van der Waals surface area contributed by atoms with Crippen LogP contribution in [0.4, 0.5) is 0 Å². The number of nitrogens with two attached hydrogens (primary N) is 1. The molecule has 0 spiro atoms. The van der Waals surface area contributed by atoms with E-state index in [4.69, 9.17) is 10.9 Å². The Morgan fingerprint density at radius 2 is 2.14 bits per heavy atom. The van der Waals surface area contributed by atoms with Crippen LogP contribution < -0.4 is 5.73 Å². The number of amidine groups is 1. The number of hydrogen-bond acceptors (Lipinski definition) is 4. The Kier molecular flexibility index (Phi) is 5.59. The minimum atomic E-state index is 0.171. The smallest absolute Gasteiger partial charge is 0.141 e. The zero-order valence-electron chi connectivity index (χ0n) is 12.9. The second kappa shape index (κ2) is 7.43. The van der Waals surface area contributed by atoms with E-state index in [0.29, 0.717) is 12.5 Å². The summed E-state index contributed by atoms with van der Waals surface area (Å²) in [6.45, 7) is 2.08. The van der Waals surface area contributed by atoms with Gasteiger partial charge in [0, 0.05) is 25.0 Å². The number of likely N-dealkylation sites (tertiary alicyclic amines) is 1. The molecule has 1 fully saturated rings. The van der Waals surface area contributed by atoms with Crippen LogP contribution in [0.5, 0.6) is 0 Å². The fraction of sp³-hybridized carbons (Fsp3) is 0.562. The van der Waals surface area contributed by atoms with Gasteiger partial charge in [0.05, 0.1) is 0 Å². The summed E-state index contributed by atoms with van der Waals surface area (Å²) in [7, 11) is 4.27. The van der Waals surface area contributed by atoms with Crippen LogP contribution in [0.3, 0.4) is 0 Å². The summed E-state index contributed by atoms with van der Waals surface area (Å²) < 4.78 is 0. The lowest BCUT2D eigenvalue weighted by Gasteiger charge is -2.40. The molecule has 2 atom stereocenters. The molecule has 5 nitrogen and oxygen atoms in total. The van der Waals surface area contributed by atoms with Crippen LogP contribution in [0, 0.1) is 0 Å². The lowest BCUT2D eigenvalue weighted by atomic mass is 9.96. The molecule has 1 aliphatic rings. The summed E-state index contributed by atoms with van der Waals surface area (Å²) in [5.41, 5.74) is 7.00. The standard InChI is InChI=1S/C16H26N4O/c1-19(2)14-9-6-10-20(12-14)15(11-16(17)18-21)13-7-4-3-5-8-13/h3-5,7-8,14-15,21H,6,9-12H2,1-2H3,(H2,17,18). The third kappa shape index (κ3) is 4.19. The maximum atomic E-state index is 8.91. The Bertz CT molecular complexity index is 461. The molecule has 1 aliphatic heterocycles. The number of oxime groups is 1. The van der Waals surface area contributed by atoms with E-state index in [1.807, 2.05) is 18.2 Å². The Labute approximate surface area is 127 Å². The first-order valence-electron chi connectivity index (χ1n) is 7.53. The van der Waals surface area contributed by atoms with Crippen LogP contribution in [-0.4, -0.2) is 54.1 Å². The van der Waals surface area contributed by atoms with E-state index >= 15 is 0 Å². The normalized spacial score (nSPS) is 22.4. The average Bonchev–Trinajstić information content (AvgIpc) is 2.53. The largest absolute Gasteiger partial charge is 0.409 e. The highest BCUT2D eigenvalue weighted by Gasteiger charge is 2.28. The van der Waals surface area contributed by atoms with Crippen molar-refractivity contribution < 1.29 is 5.21 Å². The maximum absolute atomic E-state index is 8.91. The SMILES string of the molecule is CN(C)C1CCCN(C(CC(N)=NO)c2ccccc2)C1. The molecule has 1 aromatic carbocycles.